The van der Waals surface area contributed by atoms with E-state index < -0.39 is 24.1 Å². The van der Waals surface area contributed by atoms with Gasteiger partial charge in [0.2, 0.25) is 5.78 Å². The largest absolute Gasteiger partial charge is 0.494 e. The van der Waals surface area contributed by atoms with Gasteiger partial charge in [-0.15, -0.1) is 10.2 Å². The van der Waals surface area contributed by atoms with Gasteiger partial charge < -0.3 is 19.8 Å². The van der Waals surface area contributed by atoms with E-state index in [2.05, 4.69) is 10.2 Å². The Morgan fingerprint density at radius 3 is 2.53 bits per heavy atom. The van der Waals surface area contributed by atoms with Crippen LogP contribution in [-0.2, 0) is 20.9 Å². The fourth-order valence-corrected chi connectivity index (χ4v) is 3.15. The number of hydrogen-bond donors (Lipinski definition) is 1. The number of nitrogens with zero attached hydrogens (tertiary/aromatic N) is 4. The number of allylic oxidation sites excluding steroid dienone is 1. The first kappa shape index (κ1) is 24.8. The van der Waals surface area contributed by atoms with Gasteiger partial charge in [0.25, 0.3) is 5.76 Å². The topological polar surface area (TPSA) is 133 Å². The second kappa shape index (κ2) is 11.8. The number of ketones is 1. The second-order valence-corrected chi connectivity index (χ2v) is 7.25. The van der Waals surface area contributed by atoms with Crippen LogP contribution in [0, 0.1) is 11.3 Å². The maximum Gasteiger partial charge on any atom is 0.308 e. The Bertz CT molecular complexity index is 1030. The number of aromatic nitrogens is 3. The normalized spacial score (nSPS) is 11.6. The zero-order valence-corrected chi connectivity index (χ0v) is 18.2. The van der Waals surface area contributed by atoms with E-state index in [9.17, 15) is 18.4 Å². The summed E-state index contributed by atoms with van der Waals surface area (Å²) in [7, 11) is 0. The molecule has 1 aromatic heterocycles. The van der Waals surface area contributed by atoms with Crippen LogP contribution in [0.2, 0.25) is 0 Å². The second-order valence-electron chi connectivity index (χ2n) is 6.30. The molecule has 32 heavy (non-hydrogen) atoms. The van der Waals surface area contributed by atoms with Crippen LogP contribution in [-0.4, -0.2) is 45.5 Å². The average molecular weight is 465 g/mol. The molecule has 0 radical (unpaired) electrons. The van der Waals surface area contributed by atoms with E-state index in [-0.39, 0.29) is 47.0 Å². The molecule has 0 aliphatic heterocycles. The van der Waals surface area contributed by atoms with Crippen LogP contribution in [0.3, 0.4) is 0 Å². The number of carbonyl (C=O) groups is 2. The summed E-state index contributed by atoms with van der Waals surface area (Å²) < 4.78 is 37.5. The minimum atomic E-state index is -2.73. The molecular weight excluding hydrogens is 444 g/mol. The van der Waals surface area contributed by atoms with E-state index >= 15 is 0 Å². The fraction of sp³-hybridized carbons (Fsp3) is 0.350. The Hall–Kier alpha value is -3.46. The van der Waals surface area contributed by atoms with Crippen LogP contribution in [0.15, 0.2) is 40.7 Å². The molecule has 170 valence electrons. The van der Waals surface area contributed by atoms with Crippen molar-refractivity contribution in [1.82, 2.24) is 14.8 Å². The van der Waals surface area contributed by atoms with Gasteiger partial charge in [-0.1, -0.05) is 0 Å². The molecule has 1 heterocycles. The highest BCUT2D eigenvalue weighted by atomic mass is 32.2. The summed E-state index contributed by atoms with van der Waals surface area (Å²) in [6.07, 6.45) is -0.237. The Labute approximate surface area is 187 Å². The van der Waals surface area contributed by atoms with Gasteiger partial charge in [-0.05, 0) is 49.9 Å². The number of Topliss-reactive ketones (excluding diaryl/α,β-unsaturated/α-hetero) is 1. The molecule has 1 aromatic carbocycles. The van der Waals surface area contributed by atoms with Gasteiger partial charge in [0, 0.05) is 17.8 Å². The van der Waals surface area contributed by atoms with Gasteiger partial charge in [-0.3, -0.25) is 9.59 Å². The van der Waals surface area contributed by atoms with Gasteiger partial charge in [-0.2, -0.15) is 14.0 Å². The highest BCUT2D eigenvalue weighted by Crippen LogP contribution is 2.29. The summed E-state index contributed by atoms with van der Waals surface area (Å²) in [4.78, 5) is 24.0. The first-order valence-corrected chi connectivity index (χ1v) is 10.3. The summed E-state index contributed by atoms with van der Waals surface area (Å²) in [5.41, 5.74) is 5.76. The third-order valence-corrected chi connectivity index (χ3v) is 4.71. The molecule has 0 atom stereocenters. The number of halogens is 2. The average Bonchev–Trinajstić information content (AvgIpc) is 3.13. The maximum absolute atomic E-state index is 12.9. The number of benzene rings is 1. The lowest BCUT2D eigenvalue weighted by atomic mass is 10.1. The van der Waals surface area contributed by atoms with E-state index in [0.29, 0.717) is 17.9 Å². The van der Waals surface area contributed by atoms with Crippen LogP contribution in [0.25, 0.3) is 11.4 Å². The number of nitriles is 1. The number of hydrogen-bond acceptors (Lipinski definition) is 9. The van der Waals surface area contributed by atoms with Gasteiger partial charge in [0.1, 0.15) is 17.4 Å². The van der Waals surface area contributed by atoms with Crippen LogP contribution < -0.4 is 10.5 Å². The minimum absolute atomic E-state index is 0.0201. The predicted octanol–water partition coefficient (Wildman–Crippen LogP) is 2.92. The molecule has 0 saturated heterocycles. The smallest absolute Gasteiger partial charge is 0.308 e. The Balaban J connectivity index is 2.13. The SMILES string of the molecule is CCOc1ccc(-c2nnc(SC(F)F)n2CCC(=O)OCC(=O)C(C#N)=C(C)N)cc1. The maximum atomic E-state index is 12.9. The summed E-state index contributed by atoms with van der Waals surface area (Å²) in [5.74, 6) is -3.30. The molecule has 0 amide bonds. The lowest BCUT2D eigenvalue weighted by molar-refractivity contribution is -0.147. The number of thioether (sulfide) groups is 1. The highest BCUT2D eigenvalue weighted by Gasteiger charge is 2.20. The fourth-order valence-electron chi connectivity index (χ4n) is 2.60. The van der Waals surface area contributed by atoms with Crippen molar-refractivity contribution in [2.75, 3.05) is 13.2 Å². The Morgan fingerprint density at radius 2 is 1.97 bits per heavy atom. The van der Waals surface area contributed by atoms with E-state index in [1.54, 1.807) is 30.3 Å². The van der Waals surface area contributed by atoms with E-state index in [0.717, 1.165) is 0 Å². The van der Waals surface area contributed by atoms with Crippen molar-refractivity contribution in [3.05, 3.63) is 35.5 Å². The number of ether oxygens (including phenoxy) is 2. The predicted molar refractivity (Wildman–Crippen MR) is 112 cm³/mol. The molecule has 2 rings (SSSR count). The molecule has 0 fully saturated rings. The van der Waals surface area contributed by atoms with Crippen molar-refractivity contribution in [1.29, 1.82) is 5.26 Å². The summed E-state index contributed by atoms with van der Waals surface area (Å²) in [6.45, 7) is 3.01. The number of rotatable bonds is 11. The number of esters is 1. The van der Waals surface area contributed by atoms with Gasteiger partial charge in [-0.25, -0.2) is 0 Å². The number of carbonyl (C=O) groups excluding carboxylic acids is 2. The van der Waals surface area contributed by atoms with Crippen molar-refractivity contribution < 1.29 is 27.8 Å². The zero-order valence-electron chi connectivity index (χ0n) is 17.4. The summed E-state index contributed by atoms with van der Waals surface area (Å²) in [6, 6.07) is 8.46. The molecule has 2 N–H and O–H groups in total. The lowest BCUT2D eigenvalue weighted by Crippen LogP contribution is -2.18. The first-order chi connectivity index (χ1) is 15.3. The number of nitrogens with two attached hydrogens (primary N) is 1. The zero-order chi connectivity index (χ0) is 23.7. The van der Waals surface area contributed by atoms with Crippen molar-refractivity contribution in [2.24, 2.45) is 5.73 Å². The molecular formula is C20H21F2N5O4S. The van der Waals surface area contributed by atoms with Gasteiger partial charge >= 0.3 is 5.97 Å². The molecule has 9 nitrogen and oxygen atoms in total. The van der Waals surface area contributed by atoms with Gasteiger partial charge in [0.05, 0.1) is 13.0 Å². The van der Waals surface area contributed by atoms with E-state index in [1.165, 1.54) is 11.5 Å². The molecule has 0 saturated carbocycles. The van der Waals surface area contributed by atoms with Crippen LogP contribution in [0.5, 0.6) is 5.75 Å². The molecule has 0 spiro atoms. The summed E-state index contributed by atoms with van der Waals surface area (Å²) in [5, 5.41) is 16.6. The molecule has 0 aliphatic carbocycles. The number of alkyl halides is 2. The van der Waals surface area contributed by atoms with Crippen molar-refractivity contribution in [3.63, 3.8) is 0 Å². The monoisotopic (exact) mass is 465 g/mol. The standard InChI is InChI=1S/C20H21F2N5O4S/c1-3-30-14-6-4-13(5-7-14)18-25-26-20(32-19(21)22)27(18)9-8-17(29)31-11-16(28)15(10-23)12(2)24/h4-7,19H,3,8-9,11,24H2,1-2H3. The third kappa shape index (κ3) is 6.78. The van der Waals surface area contributed by atoms with Crippen LogP contribution in [0.4, 0.5) is 8.78 Å². The summed E-state index contributed by atoms with van der Waals surface area (Å²) >= 11 is 0.201. The molecule has 0 unspecified atom stereocenters. The third-order valence-electron chi connectivity index (χ3n) is 4.02. The van der Waals surface area contributed by atoms with Crippen LogP contribution >= 0.6 is 11.8 Å². The quantitative estimate of drug-likeness (QED) is 0.230. The molecule has 12 heteroatoms. The van der Waals surface area contributed by atoms with E-state index in [4.69, 9.17) is 20.5 Å². The van der Waals surface area contributed by atoms with Crippen LogP contribution in [0.1, 0.15) is 20.3 Å². The van der Waals surface area contributed by atoms with Crippen molar-refractivity contribution in [2.45, 2.75) is 37.7 Å². The Morgan fingerprint density at radius 1 is 1.28 bits per heavy atom. The van der Waals surface area contributed by atoms with E-state index in [1.807, 2.05) is 6.92 Å². The Kier molecular flexibility index (Phi) is 9.15. The van der Waals surface area contributed by atoms with Crippen molar-refractivity contribution >= 4 is 23.5 Å². The minimum Gasteiger partial charge on any atom is -0.494 e. The molecule has 0 bridgehead atoms. The molecule has 0 aliphatic rings. The van der Waals surface area contributed by atoms with Gasteiger partial charge in [0.15, 0.2) is 17.6 Å². The lowest BCUT2D eigenvalue weighted by Gasteiger charge is -2.11. The van der Waals surface area contributed by atoms with Crippen molar-refractivity contribution in [3.8, 4) is 23.2 Å². The molecule has 2 aromatic rings. The first-order valence-electron chi connectivity index (χ1n) is 9.43. The highest BCUT2D eigenvalue weighted by molar-refractivity contribution is 7.99.